The highest BCUT2D eigenvalue weighted by molar-refractivity contribution is 7.98. The van der Waals surface area contributed by atoms with E-state index in [4.69, 9.17) is 0 Å². The maximum Gasteiger partial charge on any atom is 0.325 e. The van der Waals surface area contributed by atoms with E-state index in [1.807, 2.05) is 31.7 Å². The van der Waals surface area contributed by atoms with Crippen LogP contribution in [0.1, 0.15) is 38.7 Å². The third-order valence-electron chi connectivity index (χ3n) is 6.23. The molecule has 2 fully saturated rings. The van der Waals surface area contributed by atoms with Crippen molar-refractivity contribution in [1.29, 1.82) is 0 Å². The minimum atomic E-state index is -0.981. The number of benzene rings is 1. The fourth-order valence-electron chi connectivity index (χ4n) is 4.77. The Kier molecular flexibility index (Phi) is 7.80. The average molecular weight is 436 g/mol. The van der Waals surface area contributed by atoms with Gasteiger partial charge in [-0.3, -0.25) is 9.69 Å². The van der Waals surface area contributed by atoms with Gasteiger partial charge in [0, 0.05) is 13.0 Å². The van der Waals surface area contributed by atoms with E-state index in [-0.39, 0.29) is 29.6 Å². The standard InChI is InChI=1S/C23H34FN3O2S/c1-17(2)16-27-21(28)23(25-22(27)29,15-18-6-4-7-20(24)14-18)19-8-11-26(12-9-19)10-5-13-30-3/h4,6-7,14,17,19H,5,8-13,15-16H2,1-3H3,(H,25,29). The summed E-state index contributed by atoms with van der Waals surface area (Å²) in [7, 11) is 0. The molecule has 2 heterocycles. The maximum absolute atomic E-state index is 13.8. The molecule has 0 saturated carbocycles. The van der Waals surface area contributed by atoms with Crippen molar-refractivity contribution in [3.63, 3.8) is 0 Å². The zero-order valence-corrected chi connectivity index (χ0v) is 19.1. The highest BCUT2D eigenvalue weighted by Gasteiger charge is 2.55. The quantitative estimate of drug-likeness (QED) is 0.474. The van der Waals surface area contributed by atoms with Crippen molar-refractivity contribution in [1.82, 2.24) is 15.1 Å². The van der Waals surface area contributed by atoms with Gasteiger partial charge in [-0.25, -0.2) is 9.18 Å². The van der Waals surface area contributed by atoms with Crippen molar-refractivity contribution in [2.45, 2.75) is 45.1 Å². The Hall–Kier alpha value is -1.60. The second-order valence-corrected chi connectivity index (χ2v) is 9.97. The lowest BCUT2D eigenvalue weighted by molar-refractivity contribution is -0.134. The molecule has 0 spiro atoms. The molecular weight excluding hydrogens is 401 g/mol. The second kappa shape index (κ2) is 10.1. The molecule has 5 nitrogen and oxygen atoms in total. The van der Waals surface area contributed by atoms with Crippen molar-refractivity contribution < 1.29 is 14.0 Å². The zero-order valence-electron chi connectivity index (χ0n) is 18.3. The van der Waals surface area contributed by atoms with Crippen LogP contribution in [0.4, 0.5) is 9.18 Å². The van der Waals surface area contributed by atoms with Crippen molar-refractivity contribution in [3.8, 4) is 0 Å². The number of halogens is 1. The predicted molar refractivity (Wildman–Crippen MR) is 120 cm³/mol. The van der Waals surface area contributed by atoms with Crippen LogP contribution in [-0.4, -0.2) is 65.5 Å². The summed E-state index contributed by atoms with van der Waals surface area (Å²) < 4.78 is 13.8. The summed E-state index contributed by atoms with van der Waals surface area (Å²) in [5.41, 5.74) is -0.233. The normalized spacial score (nSPS) is 23.4. The van der Waals surface area contributed by atoms with Crippen molar-refractivity contribution in [3.05, 3.63) is 35.6 Å². The summed E-state index contributed by atoms with van der Waals surface area (Å²) in [6.45, 7) is 7.34. The van der Waals surface area contributed by atoms with Gasteiger partial charge in [0.1, 0.15) is 11.4 Å². The van der Waals surface area contributed by atoms with Gasteiger partial charge in [0.2, 0.25) is 0 Å². The summed E-state index contributed by atoms with van der Waals surface area (Å²) in [5, 5.41) is 3.07. The largest absolute Gasteiger partial charge is 0.325 e. The van der Waals surface area contributed by atoms with Gasteiger partial charge in [-0.2, -0.15) is 11.8 Å². The Bertz CT molecular complexity index is 752. The van der Waals surface area contributed by atoms with E-state index in [2.05, 4.69) is 16.5 Å². The van der Waals surface area contributed by atoms with Crippen LogP contribution < -0.4 is 5.32 Å². The van der Waals surface area contributed by atoms with E-state index in [0.717, 1.165) is 50.2 Å². The summed E-state index contributed by atoms with van der Waals surface area (Å²) in [6, 6.07) is 6.08. The zero-order chi connectivity index (χ0) is 21.7. The van der Waals surface area contributed by atoms with E-state index in [1.54, 1.807) is 6.07 Å². The molecule has 1 unspecified atom stereocenters. The van der Waals surface area contributed by atoms with Crippen molar-refractivity contribution >= 4 is 23.7 Å². The van der Waals surface area contributed by atoms with Crippen LogP contribution in [0.2, 0.25) is 0 Å². The summed E-state index contributed by atoms with van der Waals surface area (Å²) in [6.07, 6.45) is 5.34. The highest BCUT2D eigenvalue weighted by atomic mass is 32.2. The second-order valence-electron chi connectivity index (χ2n) is 8.98. The molecular formula is C23H34FN3O2S. The van der Waals surface area contributed by atoms with E-state index in [9.17, 15) is 14.0 Å². The van der Waals surface area contributed by atoms with Crippen LogP contribution in [0.3, 0.4) is 0 Å². The van der Waals surface area contributed by atoms with Crippen LogP contribution in [0, 0.1) is 17.7 Å². The van der Waals surface area contributed by atoms with E-state index >= 15 is 0 Å². The predicted octanol–water partition coefficient (Wildman–Crippen LogP) is 3.78. The number of carbonyl (C=O) groups excluding carboxylic acids is 2. The molecule has 0 aliphatic carbocycles. The average Bonchev–Trinajstić information content (AvgIpc) is 2.93. The van der Waals surface area contributed by atoms with Crippen LogP contribution >= 0.6 is 11.8 Å². The number of thioether (sulfide) groups is 1. The molecule has 2 aliphatic rings. The van der Waals surface area contributed by atoms with Gasteiger partial charge < -0.3 is 10.2 Å². The molecule has 1 atom stereocenters. The Balaban J connectivity index is 1.81. The first-order valence-electron chi connectivity index (χ1n) is 11.0. The third-order valence-corrected chi connectivity index (χ3v) is 6.93. The van der Waals surface area contributed by atoms with E-state index < -0.39 is 5.54 Å². The number of imide groups is 1. The van der Waals surface area contributed by atoms with Gasteiger partial charge in [0.15, 0.2) is 0 Å². The number of amides is 3. The molecule has 1 aromatic carbocycles. The first-order valence-corrected chi connectivity index (χ1v) is 12.3. The number of hydrogen-bond acceptors (Lipinski definition) is 4. The lowest BCUT2D eigenvalue weighted by atomic mass is 9.74. The van der Waals surface area contributed by atoms with E-state index in [1.165, 1.54) is 17.0 Å². The summed E-state index contributed by atoms with van der Waals surface area (Å²) >= 11 is 1.86. The number of nitrogens with one attached hydrogen (secondary N) is 1. The van der Waals surface area contributed by atoms with Gasteiger partial charge in [-0.1, -0.05) is 26.0 Å². The molecule has 2 saturated heterocycles. The van der Waals surface area contributed by atoms with Crippen molar-refractivity contribution in [2.24, 2.45) is 11.8 Å². The number of hydrogen-bond donors (Lipinski definition) is 1. The van der Waals surface area contributed by atoms with Crippen LogP contribution in [0.25, 0.3) is 0 Å². The molecule has 0 radical (unpaired) electrons. The molecule has 166 valence electrons. The fourth-order valence-corrected chi connectivity index (χ4v) is 5.19. The van der Waals surface area contributed by atoms with Gasteiger partial charge in [0.25, 0.3) is 5.91 Å². The molecule has 3 rings (SSSR count). The number of carbonyl (C=O) groups is 2. The lowest BCUT2D eigenvalue weighted by Gasteiger charge is -2.41. The summed E-state index contributed by atoms with van der Waals surface area (Å²) in [5.74, 6) is 0.935. The molecule has 1 aromatic rings. The number of likely N-dealkylation sites (tertiary alicyclic amines) is 1. The van der Waals surface area contributed by atoms with Gasteiger partial charge in [-0.05, 0) is 80.4 Å². The number of rotatable bonds is 9. The Morgan fingerprint density at radius 3 is 2.63 bits per heavy atom. The SMILES string of the molecule is CSCCCN1CCC(C2(Cc3cccc(F)c3)NC(=O)N(CC(C)C)C2=O)CC1. The fraction of sp³-hybridized carbons (Fsp3) is 0.652. The first-order chi connectivity index (χ1) is 14.4. The van der Waals surface area contributed by atoms with Gasteiger partial charge >= 0.3 is 6.03 Å². The monoisotopic (exact) mass is 435 g/mol. The Morgan fingerprint density at radius 1 is 1.27 bits per heavy atom. The third kappa shape index (κ3) is 5.17. The van der Waals surface area contributed by atoms with Crippen LogP contribution in [0.5, 0.6) is 0 Å². The smallest absolute Gasteiger partial charge is 0.322 e. The minimum Gasteiger partial charge on any atom is -0.322 e. The topological polar surface area (TPSA) is 52.7 Å². The molecule has 7 heteroatoms. The molecule has 3 amide bonds. The first kappa shape index (κ1) is 23.1. The summed E-state index contributed by atoms with van der Waals surface area (Å²) in [4.78, 5) is 30.2. The number of piperidine rings is 1. The molecule has 0 bridgehead atoms. The van der Waals surface area contributed by atoms with Crippen molar-refractivity contribution in [2.75, 3.05) is 38.2 Å². The minimum absolute atomic E-state index is 0.0474. The maximum atomic E-state index is 13.8. The lowest BCUT2D eigenvalue weighted by Crippen LogP contribution is -2.57. The van der Waals surface area contributed by atoms with E-state index in [0.29, 0.717) is 13.0 Å². The highest BCUT2D eigenvalue weighted by Crippen LogP contribution is 2.37. The Labute approximate surface area is 183 Å². The molecule has 2 aliphatic heterocycles. The Morgan fingerprint density at radius 2 is 2.00 bits per heavy atom. The molecule has 0 aromatic heterocycles. The van der Waals surface area contributed by atoms with Gasteiger partial charge in [-0.15, -0.1) is 0 Å². The van der Waals surface area contributed by atoms with Crippen LogP contribution in [0.15, 0.2) is 24.3 Å². The molecule has 30 heavy (non-hydrogen) atoms. The molecule has 1 N–H and O–H groups in total. The van der Waals surface area contributed by atoms with Gasteiger partial charge in [0.05, 0.1) is 0 Å². The number of nitrogens with zero attached hydrogens (tertiary/aromatic N) is 2. The number of urea groups is 1. The van der Waals surface area contributed by atoms with Crippen LogP contribution in [-0.2, 0) is 11.2 Å².